The number of nitrogens with one attached hydrogen (secondary N) is 1. The van der Waals surface area contributed by atoms with Gasteiger partial charge in [0.25, 0.3) is 0 Å². The number of fused-ring (bicyclic) bond motifs is 2. The van der Waals surface area contributed by atoms with Crippen LogP contribution in [0.25, 0.3) is 0 Å². The second-order valence-corrected chi connectivity index (χ2v) is 6.64. The highest BCUT2D eigenvalue weighted by Crippen LogP contribution is 2.65. The Hall–Kier alpha value is -0.0400. The van der Waals surface area contributed by atoms with E-state index in [9.17, 15) is 0 Å². The molecule has 1 N–H and O–H groups in total. The molecule has 2 fully saturated rings. The minimum atomic E-state index is 0.543. The van der Waals surface area contributed by atoms with Crippen LogP contribution in [-0.4, -0.2) is 12.1 Å². The quantitative estimate of drug-likeness (QED) is 0.749. The molecule has 0 amide bonds. The summed E-state index contributed by atoms with van der Waals surface area (Å²) in [7, 11) is 0. The van der Waals surface area contributed by atoms with Gasteiger partial charge >= 0.3 is 0 Å². The third kappa shape index (κ3) is 1.46. The van der Waals surface area contributed by atoms with Crippen LogP contribution < -0.4 is 5.32 Å². The maximum atomic E-state index is 3.86. The summed E-state index contributed by atoms with van der Waals surface area (Å²) >= 11 is 0. The van der Waals surface area contributed by atoms with Gasteiger partial charge in [0.1, 0.15) is 0 Å². The van der Waals surface area contributed by atoms with E-state index in [2.05, 4.69) is 39.9 Å². The summed E-state index contributed by atoms with van der Waals surface area (Å²) in [6.07, 6.45) is 5.55. The van der Waals surface area contributed by atoms with Gasteiger partial charge in [0.15, 0.2) is 0 Å². The highest BCUT2D eigenvalue weighted by molar-refractivity contribution is 5.13. The molecule has 0 aromatic rings. The SMILES string of the molecule is CCC(C)NC1CC2CCC1(C)C2(C)C. The Labute approximate surface area is 95.0 Å². The number of hydrogen-bond acceptors (Lipinski definition) is 1. The Bertz CT molecular complexity index is 246. The molecule has 0 aromatic heterocycles. The molecule has 15 heavy (non-hydrogen) atoms. The lowest BCUT2D eigenvalue weighted by atomic mass is 9.69. The molecule has 4 atom stereocenters. The van der Waals surface area contributed by atoms with Gasteiger partial charge in [-0.3, -0.25) is 0 Å². The first kappa shape index (κ1) is 11.4. The molecule has 4 unspecified atom stereocenters. The molecule has 2 bridgehead atoms. The first-order valence-electron chi connectivity index (χ1n) is 6.68. The van der Waals surface area contributed by atoms with Gasteiger partial charge in [0.05, 0.1) is 0 Å². The summed E-state index contributed by atoms with van der Waals surface area (Å²) in [4.78, 5) is 0. The molecule has 88 valence electrons. The molecule has 0 aliphatic heterocycles. The smallest absolute Gasteiger partial charge is 0.0131 e. The molecular weight excluding hydrogens is 182 g/mol. The van der Waals surface area contributed by atoms with Crippen molar-refractivity contribution in [2.75, 3.05) is 0 Å². The number of rotatable bonds is 3. The van der Waals surface area contributed by atoms with Crippen molar-refractivity contribution in [3.63, 3.8) is 0 Å². The topological polar surface area (TPSA) is 12.0 Å². The summed E-state index contributed by atoms with van der Waals surface area (Å²) < 4.78 is 0. The van der Waals surface area contributed by atoms with Crippen LogP contribution in [0.2, 0.25) is 0 Å². The molecule has 0 spiro atoms. The van der Waals surface area contributed by atoms with E-state index in [4.69, 9.17) is 0 Å². The molecular formula is C14H27N. The second-order valence-electron chi connectivity index (χ2n) is 6.64. The minimum Gasteiger partial charge on any atom is -0.311 e. The maximum Gasteiger partial charge on any atom is 0.0131 e. The molecule has 2 saturated carbocycles. The Morgan fingerprint density at radius 1 is 1.33 bits per heavy atom. The Kier molecular flexibility index (Phi) is 2.65. The summed E-state index contributed by atoms with van der Waals surface area (Å²) in [5, 5.41) is 3.86. The zero-order valence-electron chi connectivity index (χ0n) is 11.1. The molecule has 2 aliphatic rings. The van der Waals surface area contributed by atoms with Gasteiger partial charge in [-0.25, -0.2) is 0 Å². The van der Waals surface area contributed by atoms with Crippen LogP contribution in [0.1, 0.15) is 60.3 Å². The zero-order valence-corrected chi connectivity index (χ0v) is 11.1. The largest absolute Gasteiger partial charge is 0.311 e. The van der Waals surface area contributed by atoms with Crippen molar-refractivity contribution in [3.05, 3.63) is 0 Å². The van der Waals surface area contributed by atoms with Gasteiger partial charge in [0.2, 0.25) is 0 Å². The van der Waals surface area contributed by atoms with Crippen LogP contribution in [-0.2, 0) is 0 Å². The van der Waals surface area contributed by atoms with E-state index >= 15 is 0 Å². The fraction of sp³-hybridized carbons (Fsp3) is 1.00. The fourth-order valence-electron chi connectivity index (χ4n) is 3.92. The van der Waals surface area contributed by atoms with Crippen LogP contribution in [0.5, 0.6) is 0 Å². The third-order valence-corrected chi connectivity index (χ3v) is 5.89. The van der Waals surface area contributed by atoms with E-state index in [1.54, 1.807) is 0 Å². The van der Waals surface area contributed by atoms with E-state index < -0.39 is 0 Å². The first-order chi connectivity index (χ1) is 6.91. The lowest BCUT2D eigenvalue weighted by molar-refractivity contribution is 0.116. The van der Waals surface area contributed by atoms with E-state index in [1.807, 2.05) is 0 Å². The predicted octanol–water partition coefficient (Wildman–Crippen LogP) is 3.59. The van der Waals surface area contributed by atoms with E-state index in [1.165, 1.54) is 25.7 Å². The van der Waals surface area contributed by atoms with Gasteiger partial charge < -0.3 is 5.32 Å². The molecule has 0 aromatic carbocycles. The second kappa shape index (κ2) is 3.48. The predicted molar refractivity (Wildman–Crippen MR) is 65.9 cm³/mol. The van der Waals surface area contributed by atoms with Crippen LogP contribution in [0.15, 0.2) is 0 Å². The average molecular weight is 209 g/mol. The van der Waals surface area contributed by atoms with E-state index in [-0.39, 0.29) is 0 Å². The van der Waals surface area contributed by atoms with Gasteiger partial charge in [0, 0.05) is 12.1 Å². The summed E-state index contributed by atoms with van der Waals surface area (Å²) in [5.74, 6) is 0.962. The van der Waals surface area contributed by atoms with Crippen molar-refractivity contribution in [2.24, 2.45) is 16.7 Å². The molecule has 0 radical (unpaired) electrons. The standard InChI is InChI=1S/C14H27N/c1-6-10(2)15-12-9-11-7-8-14(12,5)13(11,3)4/h10-12,15H,6-9H2,1-5H3. The third-order valence-electron chi connectivity index (χ3n) is 5.89. The maximum absolute atomic E-state index is 3.86. The molecule has 1 nitrogen and oxygen atoms in total. The van der Waals surface area contributed by atoms with E-state index in [0.29, 0.717) is 16.9 Å². The van der Waals surface area contributed by atoms with Gasteiger partial charge in [-0.2, -0.15) is 0 Å². The van der Waals surface area contributed by atoms with Crippen molar-refractivity contribution in [1.82, 2.24) is 5.32 Å². The monoisotopic (exact) mass is 209 g/mol. The normalized spacial score (nSPS) is 44.6. The summed E-state index contributed by atoms with van der Waals surface area (Å²) in [6.45, 7) is 12.1. The Morgan fingerprint density at radius 3 is 2.40 bits per heavy atom. The Balaban J connectivity index is 2.12. The summed E-state index contributed by atoms with van der Waals surface area (Å²) in [6, 6.07) is 1.45. The first-order valence-corrected chi connectivity index (χ1v) is 6.68. The van der Waals surface area contributed by atoms with Gasteiger partial charge in [-0.15, -0.1) is 0 Å². The van der Waals surface area contributed by atoms with Crippen molar-refractivity contribution < 1.29 is 0 Å². The van der Waals surface area contributed by atoms with Crippen molar-refractivity contribution in [3.8, 4) is 0 Å². The van der Waals surface area contributed by atoms with Crippen LogP contribution >= 0.6 is 0 Å². The average Bonchev–Trinajstić information content (AvgIpc) is 2.50. The lowest BCUT2D eigenvalue weighted by Gasteiger charge is -2.40. The summed E-state index contributed by atoms with van der Waals surface area (Å²) in [5.41, 5.74) is 1.10. The highest BCUT2D eigenvalue weighted by atomic mass is 15.0. The minimum absolute atomic E-state index is 0.543. The van der Waals surface area contributed by atoms with Gasteiger partial charge in [-0.05, 0) is 49.4 Å². The highest BCUT2D eigenvalue weighted by Gasteiger charge is 2.61. The van der Waals surface area contributed by atoms with E-state index in [0.717, 1.165) is 12.0 Å². The number of hydrogen-bond donors (Lipinski definition) is 1. The lowest BCUT2D eigenvalue weighted by Crippen LogP contribution is -2.47. The van der Waals surface area contributed by atoms with Crippen molar-refractivity contribution >= 4 is 0 Å². The Morgan fingerprint density at radius 2 is 2.00 bits per heavy atom. The van der Waals surface area contributed by atoms with Crippen LogP contribution in [0.4, 0.5) is 0 Å². The van der Waals surface area contributed by atoms with Crippen molar-refractivity contribution in [2.45, 2.75) is 72.4 Å². The molecule has 0 saturated heterocycles. The fourth-order valence-corrected chi connectivity index (χ4v) is 3.92. The molecule has 2 rings (SSSR count). The molecule has 2 aliphatic carbocycles. The van der Waals surface area contributed by atoms with Gasteiger partial charge in [-0.1, -0.05) is 27.7 Å². The van der Waals surface area contributed by atoms with Crippen molar-refractivity contribution in [1.29, 1.82) is 0 Å². The van der Waals surface area contributed by atoms with Crippen LogP contribution in [0.3, 0.4) is 0 Å². The molecule has 0 heterocycles. The molecule has 1 heteroatoms. The zero-order chi connectivity index (χ0) is 11.3. The van der Waals surface area contributed by atoms with Crippen LogP contribution in [0, 0.1) is 16.7 Å².